The average molecular weight is 225 g/mol. The Morgan fingerprint density at radius 3 is 2.75 bits per heavy atom. The number of nitrogens with two attached hydrogens (primary N) is 1. The average Bonchev–Trinajstić information content (AvgIpc) is 2.28. The van der Waals surface area contributed by atoms with Gasteiger partial charge in [0.05, 0.1) is 19.8 Å². The zero-order valence-corrected chi connectivity index (χ0v) is 9.01. The third-order valence-electron chi connectivity index (χ3n) is 2.27. The van der Waals surface area contributed by atoms with Crippen LogP contribution in [-0.4, -0.2) is 35.9 Å². The second-order valence-corrected chi connectivity index (χ2v) is 3.39. The van der Waals surface area contributed by atoms with Crippen molar-refractivity contribution in [2.75, 3.05) is 13.7 Å². The fourth-order valence-electron chi connectivity index (χ4n) is 1.50. The third kappa shape index (κ3) is 2.71. The monoisotopic (exact) mass is 225 g/mol. The molecule has 0 spiro atoms. The van der Waals surface area contributed by atoms with E-state index in [2.05, 4.69) is 0 Å². The van der Waals surface area contributed by atoms with Gasteiger partial charge in [-0.05, 0) is 12.1 Å². The van der Waals surface area contributed by atoms with E-state index in [1.54, 1.807) is 18.2 Å². The smallest absolute Gasteiger partial charge is 0.249 e. The summed E-state index contributed by atoms with van der Waals surface area (Å²) in [5, 5.41) is 18.2. The molecule has 0 fully saturated rings. The van der Waals surface area contributed by atoms with Gasteiger partial charge in [0.2, 0.25) is 5.91 Å². The first-order valence-electron chi connectivity index (χ1n) is 4.84. The van der Waals surface area contributed by atoms with Crippen molar-refractivity contribution >= 4 is 5.91 Å². The summed E-state index contributed by atoms with van der Waals surface area (Å²) in [5.41, 5.74) is 6.03. The van der Waals surface area contributed by atoms with Crippen molar-refractivity contribution in [3.8, 4) is 5.75 Å². The number of aliphatic hydroxyl groups excluding tert-OH is 2. The van der Waals surface area contributed by atoms with Crippen LogP contribution in [0, 0.1) is 0 Å². The van der Waals surface area contributed by atoms with Crippen LogP contribution in [0.1, 0.15) is 15.9 Å². The summed E-state index contributed by atoms with van der Waals surface area (Å²) in [4.78, 5) is 11.2. The summed E-state index contributed by atoms with van der Waals surface area (Å²) in [7, 11) is 1.47. The molecule has 0 heterocycles. The molecule has 0 aliphatic rings. The van der Waals surface area contributed by atoms with Crippen molar-refractivity contribution in [2.24, 2.45) is 5.73 Å². The zero-order chi connectivity index (χ0) is 12.1. The summed E-state index contributed by atoms with van der Waals surface area (Å²) < 4.78 is 5.08. The van der Waals surface area contributed by atoms with E-state index in [0.717, 1.165) is 0 Å². The Bertz CT molecular complexity index is 378. The van der Waals surface area contributed by atoms with E-state index in [-0.39, 0.29) is 13.0 Å². The van der Waals surface area contributed by atoms with Gasteiger partial charge in [0, 0.05) is 17.5 Å². The molecule has 1 aromatic carbocycles. The predicted molar refractivity (Wildman–Crippen MR) is 58.3 cm³/mol. The molecular weight excluding hydrogens is 210 g/mol. The maximum Gasteiger partial charge on any atom is 0.249 e. The number of aliphatic hydroxyl groups is 2. The quantitative estimate of drug-likeness (QED) is 0.641. The molecule has 0 aliphatic carbocycles. The minimum Gasteiger partial charge on any atom is -0.496 e. The van der Waals surface area contributed by atoms with E-state index in [1.165, 1.54) is 7.11 Å². The summed E-state index contributed by atoms with van der Waals surface area (Å²) in [6.07, 6.45) is -0.812. The molecule has 0 unspecified atom stereocenters. The molecule has 0 radical (unpaired) electrons. The van der Waals surface area contributed by atoms with Gasteiger partial charge in [-0.1, -0.05) is 6.07 Å². The van der Waals surface area contributed by atoms with E-state index >= 15 is 0 Å². The Kier molecular flexibility index (Phi) is 4.28. The lowest BCUT2D eigenvalue weighted by molar-refractivity contribution is 0.0934. The second kappa shape index (κ2) is 5.48. The van der Waals surface area contributed by atoms with Crippen LogP contribution in [0.25, 0.3) is 0 Å². The molecule has 88 valence electrons. The van der Waals surface area contributed by atoms with Gasteiger partial charge < -0.3 is 20.7 Å². The molecular formula is C11H15NO4. The molecule has 0 aromatic heterocycles. The maximum absolute atomic E-state index is 11.2. The molecule has 16 heavy (non-hydrogen) atoms. The summed E-state index contributed by atoms with van der Waals surface area (Å²) in [6, 6.07) is 4.88. The van der Waals surface area contributed by atoms with E-state index in [0.29, 0.717) is 16.9 Å². The minimum atomic E-state index is -0.936. The van der Waals surface area contributed by atoms with Gasteiger partial charge in [-0.25, -0.2) is 0 Å². The van der Waals surface area contributed by atoms with Crippen LogP contribution in [0.5, 0.6) is 5.75 Å². The number of carbonyl (C=O) groups excluding carboxylic acids is 1. The number of rotatable bonds is 5. The molecule has 1 rings (SSSR count). The molecule has 1 aromatic rings. The number of carbonyl (C=O) groups is 1. The number of methoxy groups -OCH3 is 1. The second-order valence-electron chi connectivity index (χ2n) is 3.39. The predicted octanol–water partition coefficient (Wildman–Crippen LogP) is -0.310. The number of amides is 1. The molecule has 0 aliphatic heterocycles. The maximum atomic E-state index is 11.2. The molecule has 5 heteroatoms. The first-order valence-corrected chi connectivity index (χ1v) is 4.84. The van der Waals surface area contributed by atoms with Crippen LogP contribution in [-0.2, 0) is 6.42 Å². The topological polar surface area (TPSA) is 92.8 Å². The molecule has 5 nitrogen and oxygen atoms in total. The Morgan fingerprint density at radius 2 is 2.25 bits per heavy atom. The van der Waals surface area contributed by atoms with Crippen LogP contribution < -0.4 is 10.5 Å². The Labute approximate surface area is 93.5 Å². The Balaban J connectivity index is 3.14. The number of ether oxygens (including phenoxy) is 1. The SMILES string of the molecule is COc1cccc(C(N)=O)c1C[C@@H](O)CO. The lowest BCUT2D eigenvalue weighted by Crippen LogP contribution is -2.20. The normalized spacial score (nSPS) is 12.2. The van der Waals surface area contributed by atoms with Crippen molar-refractivity contribution in [2.45, 2.75) is 12.5 Å². The highest BCUT2D eigenvalue weighted by atomic mass is 16.5. The van der Waals surface area contributed by atoms with Crippen LogP contribution in [0.2, 0.25) is 0 Å². The van der Waals surface area contributed by atoms with Gasteiger partial charge in [-0.15, -0.1) is 0 Å². The summed E-state index contributed by atoms with van der Waals surface area (Å²) in [5.74, 6) is -0.108. The lowest BCUT2D eigenvalue weighted by atomic mass is 10.00. The fourth-order valence-corrected chi connectivity index (χ4v) is 1.50. The van der Waals surface area contributed by atoms with Gasteiger partial charge >= 0.3 is 0 Å². The highest BCUT2D eigenvalue weighted by molar-refractivity contribution is 5.95. The number of hydrogen-bond acceptors (Lipinski definition) is 4. The van der Waals surface area contributed by atoms with Gasteiger partial charge in [-0.2, -0.15) is 0 Å². The summed E-state index contributed by atoms with van der Waals surface area (Å²) in [6.45, 7) is -0.379. The van der Waals surface area contributed by atoms with Crippen molar-refractivity contribution in [3.05, 3.63) is 29.3 Å². The Hall–Kier alpha value is -1.59. The molecule has 1 atom stereocenters. The third-order valence-corrected chi connectivity index (χ3v) is 2.27. The van der Waals surface area contributed by atoms with E-state index in [9.17, 15) is 9.90 Å². The van der Waals surface area contributed by atoms with Crippen molar-refractivity contribution in [1.29, 1.82) is 0 Å². The molecule has 1 amide bonds. The number of primary amides is 1. The molecule has 4 N–H and O–H groups in total. The largest absolute Gasteiger partial charge is 0.496 e. The zero-order valence-electron chi connectivity index (χ0n) is 9.01. The molecule has 0 bridgehead atoms. The van der Waals surface area contributed by atoms with Gasteiger partial charge in [0.1, 0.15) is 5.75 Å². The van der Waals surface area contributed by atoms with E-state index in [4.69, 9.17) is 15.6 Å². The standard InChI is InChI=1S/C11H15NO4/c1-16-10-4-2-3-8(11(12)15)9(10)5-7(14)6-13/h2-4,7,13-14H,5-6H2,1H3,(H2,12,15)/t7-/m1/s1. The van der Waals surface area contributed by atoms with E-state index in [1.807, 2.05) is 0 Å². The van der Waals surface area contributed by atoms with Crippen LogP contribution in [0.3, 0.4) is 0 Å². The molecule has 0 saturated carbocycles. The van der Waals surface area contributed by atoms with Crippen molar-refractivity contribution < 1.29 is 19.7 Å². The highest BCUT2D eigenvalue weighted by Crippen LogP contribution is 2.23. The summed E-state index contributed by atoms with van der Waals surface area (Å²) >= 11 is 0. The van der Waals surface area contributed by atoms with Gasteiger partial charge in [0.25, 0.3) is 0 Å². The Morgan fingerprint density at radius 1 is 1.56 bits per heavy atom. The van der Waals surface area contributed by atoms with Crippen LogP contribution in [0.4, 0.5) is 0 Å². The van der Waals surface area contributed by atoms with Crippen molar-refractivity contribution in [1.82, 2.24) is 0 Å². The van der Waals surface area contributed by atoms with Gasteiger partial charge in [-0.3, -0.25) is 4.79 Å². The van der Waals surface area contributed by atoms with Gasteiger partial charge in [0.15, 0.2) is 0 Å². The van der Waals surface area contributed by atoms with Crippen molar-refractivity contribution in [3.63, 3.8) is 0 Å². The van der Waals surface area contributed by atoms with Crippen LogP contribution in [0.15, 0.2) is 18.2 Å². The first-order chi connectivity index (χ1) is 7.60. The molecule has 0 saturated heterocycles. The first kappa shape index (κ1) is 12.5. The fraction of sp³-hybridized carbons (Fsp3) is 0.364. The minimum absolute atomic E-state index is 0.124. The number of benzene rings is 1. The lowest BCUT2D eigenvalue weighted by Gasteiger charge is -2.14. The van der Waals surface area contributed by atoms with E-state index < -0.39 is 12.0 Å². The number of hydrogen-bond donors (Lipinski definition) is 3. The highest BCUT2D eigenvalue weighted by Gasteiger charge is 2.16. The van der Waals surface area contributed by atoms with Crippen LogP contribution >= 0.6 is 0 Å².